The van der Waals surface area contributed by atoms with Crippen LogP contribution in [0.3, 0.4) is 0 Å². The molecule has 2 aromatic rings. The number of aliphatic imine (C=N–C) groups is 1. The molecule has 0 spiro atoms. The first-order valence-electron chi connectivity index (χ1n) is 10.7. The van der Waals surface area contributed by atoms with Gasteiger partial charge in [0, 0.05) is 32.4 Å². The van der Waals surface area contributed by atoms with Crippen molar-refractivity contribution in [1.82, 2.24) is 10.6 Å². The van der Waals surface area contributed by atoms with Gasteiger partial charge in [0.1, 0.15) is 0 Å². The van der Waals surface area contributed by atoms with Crippen LogP contribution in [0.25, 0.3) is 0 Å². The minimum Gasteiger partial charge on any atom is -0.493 e. The molecule has 0 amide bonds. The van der Waals surface area contributed by atoms with Crippen molar-refractivity contribution in [3.8, 4) is 17.2 Å². The molecular weight excluding hydrogens is 519 g/mol. The molecule has 0 unspecified atom stereocenters. The summed E-state index contributed by atoms with van der Waals surface area (Å²) in [7, 11) is 7.00. The lowest BCUT2D eigenvalue weighted by atomic mass is 9.99. The number of methoxy groups -OCH3 is 3. The number of rotatable bonds is 8. The first-order valence-corrected chi connectivity index (χ1v) is 10.7. The van der Waals surface area contributed by atoms with E-state index in [1.165, 1.54) is 23.2 Å². The van der Waals surface area contributed by atoms with Crippen molar-refractivity contribution in [2.45, 2.75) is 32.9 Å². The molecule has 0 radical (unpaired) electrons. The Bertz CT molecular complexity index is 895. The van der Waals surface area contributed by atoms with Crippen LogP contribution < -0.4 is 29.7 Å². The number of hydrogen-bond acceptors (Lipinski definition) is 5. The molecule has 8 heteroatoms. The van der Waals surface area contributed by atoms with Gasteiger partial charge < -0.3 is 29.7 Å². The van der Waals surface area contributed by atoms with Crippen LogP contribution in [-0.2, 0) is 19.5 Å². The summed E-state index contributed by atoms with van der Waals surface area (Å²) < 4.78 is 16.3. The highest BCUT2D eigenvalue weighted by atomic mass is 127. The van der Waals surface area contributed by atoms with E-state index in [-0.39, 0.29) is 24.0 Å². The molecule has 0 aliphatic carbocycles. The molecule has 32 heavy (non-hydrogen) atoms. The number of nitrogens with one attached hydrogen (secondary N) is 2. The third-order valence-corrected chi connectivity index (χ3v) is 5.44. The zero-order valence-electron chi connectivity index (χ0n) is 19.7. The average Bonchev–Trinajstić information content (AvgIpc) is 2.80. The van der Waals surface area contributed by atoms with Gasteiger partial charge in [0.15, 0.2) is 17.5 Å². The Morgan fingerprint density at radius 3 is 2.34 bits per heavy atom. The van der Waals surface area contributed by atoms with Crippen molar-refractivity contribution in [2.24, 2.45) is 4.99 Å². The van der Waals surface area contributed by atoms with E-state index in [4.69, 9.17) is 19.2 Å². The molecule has 1 aliphatic rings. The number of benzene rings is 2. The van der Waals surface area contributed by atoms with E-state index in [1.807, 2.05) is 12.1 Å². The average molecular weight is 554 g/mol. The largest absolute Gasteiger partial charge is 0.493 e. The molecule has 7 nitrogen and oxygen atoms in total. The van der Waals surface area contributed by atoms with Crippen LogP contribution in [0, 0.1) is 0 Å². The van der Waals surface area contributed by atoms with Gasteiger partial charge in [-0.1, -0.05) is 12.1 Å². The lowest BCUT2D eigenvalue weighted by Crippen LogP contribution is -2.36. The molecule has 2 N–H and O–H groups in total. The highest BCUT2D eigenvalue weighted by Gasteiger charge is 2.14. The molecule has 2 aromatic carbocycles. The lowest BCUT2D eigenvalue weighted by Gasteiger charge is -2.28. The molecule has 1 aliphatic heterocycles. The van der Waals surface area contributed by atoms with Crippen LogP contribution in [-0.4, -0.2) is 47.4 Å². The van der Waals surface area contributed by atoms with Crippen LogP contribution in [0.2, 0.25) is 0 Å². The Balaban J connectivity index is 0.00000363. The zero-order valence-corrected chi connectivity index (χ0v) is 22.0. The Morgan fingerprint density at radius 1 is 1.00 bits per heavy atom. The van der Waals surface area contributed by atoms with Crippen molar-refractivity contribution >= 4 is 35.6 Å². The van der Waals surface area contributed by atoms with Gasteiger partial charge in [0.05, 0.1) is 27.9 Å². The van der Waals surface area contributed by atoms with Gasteiger partial charge in [-0.05, 0) is 54.7 Å². The molecule has 0 aromatic heterocycles. The predicted molar refractivity (Wildman–Crippen MR) is 141 cm³/mol. The quantitative estimate of drug-likeness (QED) is 0.293. The number of ether oxygens (including phenoxy) is 3. The van der Waals surface area contributed by atoms with Crippen LogP contribution in [0.5, 0.6) is 17.2 Å². The zero-order chi connectivity index (χ0) is 22.2. The molecule has 0 atom stereocenters. The van der Waals surface area contributed by atoms with Gasteiger partial charge in [0.25, 0.3) is 0 Å². The summed E-state index contributed by atoms with van der Waals surface area (Å²) >= 11 is 0. The van der Waals surface area contributed by atoms with Gasteiger partial charge in [-0.2, -0.15) is 0 Å². The number of hydrogen-bond donors (Lipinski definition) is 2. The summed E-state index contributed by atoms with van der Waals surface area (Å²) in [5, 5.41) is 6.76. The van der Waals surface area contributed by atoms with E-state index < -0.39 is 0 Å². The molecule has 1 heterocycles. The molecule has 0 bridgehead atoms. The number of aryl methyl sites for hydroxylation is 1. The third-order valence-electron chi connectivity index (χ3n) is 5.44. The fourth-order valence-corrected chi connectivity index (χ4v) is 3.87. The highest BCUT2D eigenvalue weighted by molar-refractivity contribution is 14.0. The third kappa shape index (κ3) is 6.34. The van der Waals surface area contributed by atoms with Gasteiger partial charge in [-0.25, -0.2) is 4.99 Å². The monoisotopic (exact) mass is 554 g/mol. The summed E-state index contributed by atoms with van der Waals surface area (Å²) in [6.45, 7) is 5.18. The summed E-state index contributed by atoms with van der Waals surface area (Å²) in [5.41, 5.74) is 5.00. The van der Waals surface area contributed by atoms with Crippen LogP contribution in [0.4, 0.5) is 5.69 Å². The second kappa shape index (κ2) is 12.6. The summed E-state index contributed by atoms with van der Waals surface area (Å²) in [6.07, 6.45) is 2.35. The SMILES string of the molecule is CCNC(=NCc1cc(OC)c(OC)c(OC)c1)NCc1ccc2c(c1)CCCN2C.I. The van der Waals surface area contributed by atoms with E-state index in [0.29, 0.717) is 23.8 Å². The Hall–Kier alpha value is -2.36. The maximum atomic E-state index is 5.44. The summed E-state index contributed by atoms with van der Waals surface area (Å²) in [4.78, 5) is 7.07. The smallest absolute Gasteiger partial charge is 0.203 e. The molecular formula is C24H35IN4O3. The topological polar surface area (TPSA) is 67.4 Å². The molecule has 0 saturated carbocycles. The van der Waals surface area contributed by atoms with E-state index in [1.54, 1.807) is 21.3 Å². The number of anilines is 1. The van der Waals surface area contributed by atoms with Crippen molar-refractivity contribution in [2.75, 3.05) is 46.4 Å². The number of halogens is 1. The second-order valence-electron chi connectivity index (χ2n) is 7.57. The number of guanidine groups is 1. The van der Waals surface area contributed by atoms with Gasteiger partial charge in [-0.3, -0.25) is 0 Å². The van der Waals surface area contributed by atoms with Crippen LogP contribution >= 0.6 is 24.0 Å². The summed E-state index contributed by atoms with van der Waals surface area (Å²) in [5.74, 6) is 2.61. The molecule has 176 valence electrons. The van der Waals surface area contributed by atoms with Crippen molar-refractivity contribution in [3.63, 3.8) is 0 Å². The fourth-order valence-electron chi connectivity index (χ4n) is 3.87. The van der Waals surface area contributed by atoms with Gasteiger partial charge >= 0.3 is 0 Å². The Morgan fingerprint density at radius 2 is 1.72 bits per heavy atom. The van der Waals surface area contributed by atoms with E-state index in [9.17, 15) is 0 Å². The normalized spacial score (nSPS) is 13.0. The number of fused-ring (bicyclic) bond motifs is 1. The fraction of sp³-hybridized carbons (Fsp3) is 0.458. The van der Waals surface area contributed by atoms with Gasteiger partial charge in [-0.15, -0.1) is 24.0 Å². The standard InChI is InChI=1S/C24H34N4O3.HI/c1-6-25-24(26-15-17-9-10-20-19(12-17)8-7-11-28(20)2)27-16-18-13-21(29-3)23(31-5)22(14-18)30-4;/h9-10,12-14H,6-8,11,15-16H2,1-5H3,(H2,25,26,27);1H. The van der Waals surface area contributed by atoms with E-state index in [2.05, 4.69) is 47.7 Å². The van der Waals surface area contributed by atoms with Crippen LogP contribution in [0.1, 0.15) is 30.0 Å². The first kappa shape index (κ1) is 25.9. The second-order valence-corrected chi connectivity index (χ2v) is 7.57. The Labute approximate surface area is 208 Å². The Kier molecular flexibility index (Phi) is 10.2. The molecule has 0 saturated heterocycles. The number of nitrogens with zero attached hydrogens (tertiary/aromatic N) is 2. The molecule has 3 rings (SSSR count). The van der Waals surface area contributed by atoms with Crippen LogP contribution in [0.15, 0.2) is 35.3 Å². The maximum Gasteiger partial charge on any atom is 0.203 e. The van der Waals surface area contributed by atoms with Crippen molar-refractivity contribution in [1.29, 1.82) is 0 Å². The minimum atomic E-state index is 0. The summed E-state index contributed by atoms with van der Waals surface area (Å²) in [6, 6.07) is 10.6. The predicted octanol–water partition coefficient (Wildman–Crippen LogP) is 3.97. The lowest BCUT2D eigenvalue weighted by molar-refractivity contribution is 0.324. The van der Waals surface area contributed by atoms with Crippen molar-refractivity contribution in [3.05, 3.63) is 47.0 Å². The van der Waals surface area contributed by atoms with Crippen molar-refractivity contribution < 1.29 is 14.2 Å². The van der Waals surface area contributed by atoms with E-state index >= 15 is 0 Å². The first-order chi connectivity index (χ1) is 15.1. The minimum absolute atomic E-state index is 0. The van der Waals surface area contributed by atoms with Gasteiger partial charge in [0.2, 0.25) is 5.75 Å². The highest BCUT2D eigenvalue weighted by Crippen LogP contribution is 2.38. The maximum absolute atomic E-state index is 5.44. The van der Waals surface area contributed by atoms with E-state index in [0.717, 1.165) is 37.6 Å². The molecule has 0 fully saturated rings.